The van der Waals surface area contributed by atoms with E-state index < -0.39 is 8.07 Å². The topological polar surface area (TPSA) is 43.7 Å². The molecule has 1 aliphatic heterocycles. The minimum atomic E-state index is -1.58. The van der Waals surface area contributed by atoms with Crippen molar-refractivity contribution in [3.8, 4) is 5.75 Å². The molecule has 0 amide bonds. The molecule has 1 fully saturated rings. The summed E-state index contributed by atoms with van der Waals surface area (Å²) < 4.78 is 0. The average molecular weight is 522 g/mol. The van der Waals surface area contributed by atoms with Crippen LogP contribution in [0.5, 0.6) is 5.75 Å². The van der Waals surface area contributed by atoms with Crippen LogP contribution >= 0.6 is 12.4 Å². The number of benzene rings is 3. The Morgan fingerprint density at radius 3 is 1.94 bits per heavy atom. The number of nitrogens with zero attached hydrogens (tertiary/aromatic N) is 1. The van der Waals surface area contributed by atoms with Crippen molar-refractivity contribution in [1.29, 1.82) is 0 Å². The molecule has 1 heterocycles. The van der Waals surface area contributed by atoms with E-state index in [0.29, 0.717) is 6.42 Å². The van der Waals surface area contributed by atoms with Gasteiger partial charge in [-0.15, -0.1) is 12.4 Å². The smallest absolute Gasteiger partial charge is 0.115 e. The van der Waals surface area contributed by atoms with Crippen LogP contribution in [0.2, 0.25) is 13.1 Å². The molecule has 5 heteroatoms. The number of aliphatic hydroxyl groups excluding tert-OH is 1. The molecule has 3 nitrogen and oxygen atoms in total. The second-order valence-electron chi connectivity index (χ2n) is 10.4. The van der Waals surface area contributed by atoms with Gasteiger partial charge in [0.05, 0.1) is 8.07 Å². The van der Waals surface area contributed by atoms with Gasteiger partial charge in [0.2, 0.25) is 0 Å². The quantitative estimate of drug-likeness (QED) is 0.250. The molecule has 2 N–H and O–H groups in total. The zero-order valence-corrected chi connectivity index (χ0v) is 23.4. The number of rotatable bonds is 9. The van der Waals surface area contributed by atoms with Crippen LogP contribution < -0.4 is 5.19 Å². The Labute approximate surface area is 223 Å². The second kappa shape index (κ2) is 13.3. The summed E-state index contributed by atoms with van der Waals surface area (Å²) in [7, 11) is -1.58. The lowest BCUT2D eigenvalue weighted by Crippen LogP contribution is -2.52. The molecule has 192 valence electrons. The normalized spacial score (nSPS) is 15.2. The lowest BCUT2D eigenvalue weighted by molar-refractivity contribution is 0.260. The van der Waals surface area contributed by atoms with Gasteiger partial charge in [0.1, 0.15) is 5.75 Å². The number of likely N-dealkylation sites (tertiary alicyclic amines) is 1. The van der Waals surface area contributed by atoms with Gasteiger partial charge in [-0.2, -0.15) is 0 Å². The molecule has 4 rings (SSSR count). The Hall–Kier alpha value is -2.37. The van der Waals surface area contributed by atoms with Crippen molar-refractivity contribution in [1.82, 2.24) is 4.90 Å². The van der Waals surface area contributed by atoms with Gasteiger partial charge in [-0.05, 0) is 84.9 Å². The summed E-state index contributed by atoms with van der Waals surface area (Å²) in [5.41, 5.74) is 5.83. The molecule has 0 unspecified atom stereocenters. The number of piperidine rings is 1. The third kappa shape index (κ3) is 7.10. The Morgan fingerprint density at radius 1 is 0.778 bits per heavy atom. The van der Waals surface area contributed by atoms with E-state index in [1.165, 1.54) is 66.0 Å². The number of aliphatic hydroxyl groups is 1. The summed E-state index contributed by atoms with van der Waals surface area (Å²) >= 11 is 0. The lowest BCUT2D eigenvalue weighted by Gasteiger charge is -2.34. The summed E-state index contributed by atoms with van der Waals surface area (Å²) in [6.07, 6.45) is 6.76. The van der Waals surface area contributed by atoms with Gasteiger partial charge in [-0.1, -0.05) is 91.4 Å². The van der Waals surface area contributed by atoms with Crippen molar-refractivity contribution in [3.63, 3.8) is 0 Å². The lowest BCUT2D eigenvalue weighted by atomic mass is 9.87. The fraction of sp³-hybridized carbons (Fsp3) is 0.355. The highest BCUT2D eigenvalue weighted by Crippen LogP contribution is 2.35. The summed E-state index contributed by atoms with van der Waals surface area (Å²) in [5, 5.41) is 21.0. The maximum Gasteiger partial charge on any atom is 0.115 e. The number of hydrogen-bond acceptors (Lipinski definition) is 3. The van der Waals surface area contributed by atoms with E-state index in [2.05, 4.69) is 66.5 Å². The monoisotopic (exact) mass is 521 g/mol. The summed E-state index contributed by atoms with van der Waals surface area (Å²) in [6.45, 7) is 7.63. The third-order valence-electron chi connectivity index (χ3n) is 7.19. The van der Waals surface area contributed by atoms with Gasteiger partial charge in [0.15, 0.2) is 0 Å². The Morgan fingerprint density at radius 2 is 1.36 bits per heavy atom. The maximum absolute atomic E-state index is 9.92. The number of hydrogen-bond donors (Lipinski definition) is 2. The molecule has 0 radical (unpaired) electrons. The molecule has 3 aromatic rings. The van der Waals surface area contributed by atoms with Crippen molar-refractivity contribution in [3.05, 3.63) is 95.6 Å². The predicted molar refractivity (Wildman–Crippen MR) is 158 cm³/mol. The molecule has 0 atom stereocenters. The van der Waals surface area contributed by atoms with Crippen molar-refractivity contribution in [2.24, 2.45) is 0 Å². The first-order valence-corrected chi connectivity index (χ1v) is 16.2. The largest absolute Gasteiger partial charge is 0.508 e. The number of phenolic OH excluding ortho intramolecular Hbond substituents is 1. The number of phenols is 1. The predicted octanol–water partition coefficient (Wildman–Crippen LogP) is 6.49. The molecule has 3 aromatic carbocycles. The van der Waals surface area contributed by atoms with Gasteiger partial charge in [-0.3, -0.25) is 0 Å². The van der Waals surface area contributed by atoms with E-state index in [1.54, 1.807) is 12.1 Å². The van der Waals surface area contributed by atoms with Crippen LogP contribution in [0, 0.1) is 0 Å². The summed E-state index contributed by atoms with van der Waals surface area (Å²) in [5.74, 6) is 0.269. The fourth-order valence-electron chi connectivity index (χ4n) is 5.31. The zero-order chi connectivity index (χ0) is 24.7. The van der Waals surface area contributed by atoms with Crippen molar-refractivity contribution in [2.45, 2.75) is 45.2 Å². The SMILES string of the molecule is C[Si](C)(CN1CCCCC1)c1ccc(/C(=C(/CCCO)c2ccccc2)c2ccc(O)cc2)cc1.Cl. The van der Waals surface area contributed by atoms with Crippen molar-refractivity contribution < 1.29 is 10.2 Å². The average Bonchev–Trinajstić information content (AvgIpc) is 2.88. The second-order valence-corrected chi connectivity index (χ2v) is 15.1. The fourth-order valence-corrected chi connectivity index (χ4v) is 7.99. The first kappa shape index (κ1) is 28.2. The van der Waals surface area contributed by atoms with Crippen LogP contribution in [0.1, 0.15) is 48.8 Å². The van der Waals surface area contributed by atoms with Crippen molar-refractivity contribution in [2.75, 3.05) is 25.9 Å². The van der Waals surface area contributed by atoms with Crippen LogP contribution in [-0.4, -0.2) is 49.1 Å². The van der Waals surface area contributed by atoms with E-state index >= 15 is 0 Å². The summed E-state index contributed by atoms with van der Waals surface area (Å²) in [6, 6.07) is 27.2. The van der Waals surface area contributed by atoms with Crippen LogP contribution in [0.25, 0.3) is 11.1 Å². The van der Waals surface area contributed by atoms with Crippen LogP contribution in [0.3, 0.4) is 0 Å². The standard InChI is InChI=1S/C31H39NO2Si.ClH/c1-35(2,24-32-21-7-4-8-22-32)29-19-15-27(16-20-29)31(26-13-17-28(34)18-14-26)30(12-9-23-33)25-10-5-3-6-11-25;/h3,5-6,10-11,13-20,33-34H,4,7-9,12,21-24H2,1-2H3;1H/b31-30-;. The minimum absolute atomic E-state index is 0. The highest BCUT2D eigenvalue weighted by atomic mass is 35.5. The first-order valence-electron chi connectivity index (χ1n) is 13.0. The van der Waals surface area contributed by atoms with E-state index in [-0.39, 0.29) is 24.8 Å². The van der Waals surface area contributed by atoms with E-state index in [4.69, 9.17) is 0 Å². The molecule has 0 bridgehead atoms. The van der Waals surface area contributed by atoms with Gasteiger partial charge >= 0.3 is 0 Å². The minimum Gasteiger partial charge on any atom is -0.508 e. The Balaban J connectivity index is 0.00000361. The van der Waals surface area contributed by atoms with E-state index in [0.717, 1.165) is 12.0 Å². The molecule has 0 saturated carbocycles. The number of halogens is 1. The molecule has 0 spiro atoms. The van der Waals surface area contributed by atoms with Gasteiger partial charge in [0, 0.05) is 6.61 Å². The van der Waals surface area contributed by atoms with Crippen LogP contribution in [0.4, 0.5) is 0 Å². The van der Waals surface area contributed by atoms with E-state index in [1.807, 2.05) is 18.2 Å². The zero-order valence-electron chi connectivity index (χ0n) is 21.6. The van der Waals surface area contributed by atoms with Gasteiger partial charge in [-0.25, -0.2) is 0 Å². The van der Waals surface area contributed by atoms with Gasteiger partial charge in [0.25, 0.3) is 0 Å². The van der Waals surface area contributed by atoms with Crippen LogP contribution in [-0.2, 0) is 0 Å². The molecular formula is C31H40ClNO2Si. The maximum atomic E-state index is 9.92. The molecule has 0 aromatic heterocycles. The molecule has 0 aliphatic carbocycles. The molecule has 36 heavy (non-hydrogen) atoms. The van der Waals surface area contributed by atoms with E-state index in [9.17, 15) is 10.2 Å². The molecule has 1 saturated heterocycles. The Kier molecular flexibility index (Phi) is 10.4. The highest BCUT2D eigenvalue weighted by Gasteiger charge is 2.27. The Bertz CT molecular complexity index is 1110. The molecular weight excluding hydrogens is 482 g/mol. The number of aromatic hydroxyl groups is 1. The first-order chi connectivity index (χ1) is 17.0. The number of allylic oxidation sites excluding steroid dienone is 1. The highest BCUT2D eigenvalue weighted by molar-refractivity contribution is 6.90. The summed E-state index contributed by atoms with van der Waals surface area (Å²) in [4.78, 5) is 2.67. The van der Waals surface area contributed by atoms with Gasteiger partial charge < -0.3 is 15.1 Å². The van der Waals surface area contributed by atoms with Crippen LogP contribution in [0.15, 0.2) is 78.9 Å². The molecule has 1 aliphatic rings. The third-order valence-corrected chi connectivity index (χ3v) is 10.3. The van der Waals surface area contributed by atoms with Crippen molar-refractivity contribution >= 4 is 36.8 Å².